The second kappa shape index (κ2) is 5.85. The second-order valence-corrected chi connectivity index (χ2v) is 5.31. The van der Waals surface area contributed by atoms with Crippen molar-refractivity contribution < 1.29 is 18.0 Å². The van der Waals surface area contributed by atoms with Crippen molar-refractivity contribution in [2.45, 2.75) is 26.6 Å². The van der Waals surface area contributed by atoms with Crippen molar-refractivity contribution in [2.24, 2.45) is 0 Å². The van der Waals surface area contributed by atoms with Crippen LogP contribution in [-0.2, 0) is 12.7 Å². The van der Waals surface area contributed by atoms with Crippen LogP contribution in [0.1, 0.15) is 34.1 Å². The lowest BCUT2D eigenvalue weighted by Gasteiger charge is -2.13. The van der Waals surface area contributed by atoms with Gasteiger partial charge in [-0.3, -0.25) is 4.79 Å². The summed E-state index contributed by atoms with van der Waals surface area (Å²) in [5, 5.41) is 3.38. The number of nitrogens with zero attached hydrogens (tertiary/aromatic N) is 1. The number of rotatable bonds is 4. The van der Waals surface area contributed by atoms with E-state index >= 15 is 0 Å². The standard InChI is InChI=1S/C14H13F3N2OS/c1-8-12(9(2)20)13(21-19-8)18-7-10-5-3-4-6-11(10)14(15,16)17/h3-6,18H,7H2,1-2H3. The Morgan fingerprint density at radius 2 is 2.00 bits per heavy atom. The van der Waals surface area contributed by atoms with Gasteiger partial charge < -0.3 is 5.32 Å². The molecule has 1 heterocycles. The van der Waals surface area contributed by atoms with Crippen molar-refractivity contribution in [2.75, 3.05) is 5.32 Å². The molecule has 0 saturated carbocycles. The minimum absolute atomic E-state index is 0.0163. The number of halogens is 3. The van der Waals surface area contributed by atoms with E-state index in [2.05, 4.69) is 9.69 Å². The molecule has 2 rings (SSSR count). The summed E-state index contributed by atoms with van der Waals surface area (Å²) in [5.74, 6) is -0.159. The van der Waals surface area contributed by atoms with Crippen molar-refractivity contribution in [1.82, 2.24) is 4.37 Å². The number of hydrogen-bond donors (Lipinski definition) is 1. The van der Waals surface area contributed by atoms with Gasteiger partial charge >= 0.3 is 6.18 Å². The first kappa shape index (κ1) is 15.5. The molecular weight excluding hydrogens is 301 g/mol. The van der Waals surface area contributed by atoms with E-state index in [1.807, 2.05) is 0 Å². The number of aromatic nitrogens is 1. The zero-order valence-corrected chi connectivity index (χ0v) is 12.2. The van der Waals surface area contributed by atoms with Crippen LogP contribution < -0.4 is 5.32 Å². The van der Waals surface area contributed by atoms with Crippen LogP contribution in [-0.4, -0.2) is 10.2 Å². The van der Waals surface area contributed by atoms with Gasteiger partial charge in [0, 0.05) is 6.54 Å². The Balaban J connectivity index is 2.24. The first-order valence-electron chi connectivity index (χ1n) is 6.17. The summed E-state index contributed by atoms with van der Waals surface area (Å²) >= 11 is 1.07. The number of hydrogen-bond acceptors (Lipinski definition) is 4. The molecule has 2 aromatic rings. The smallest absolute Gasteiger partial charge is 0.371 e. The summed E-state index contributed by atoms with van der Waals surface area (Å²) in [6.45, 7) is 3.09. The van der Waals surface area contributed by atoms with Gasteiger partial charge in [-0.05, 0) is 37.0 Å². The van der Waals surface area contributed by atoms with Crippen LogP contribution in [0.3, 0.4) is 0 Å². The number of nitrogens with one attached hydrogen (secondary N) is 1. The first-order valence-corrected chi connectivity index (χ1v) is 6.94. The normalized spacial score (nSPS) is 11.5. The van der Waals surface area contributed by atoms with Crippen LogP contribution in [0.25, 0.3) is 0 Å². The number of ketones is 1. The lowest BCUT2D eigenvalue weighted by Crippen LogP contribution is -2.12. The lowest BCUT2D eigenvalue weighted by molar-refractivity contribution is -0.138. The van der Waals surface area contributed by atoms with Gasteiger partial charge in [0.25, 0.3) is 0 Å². The largest absolute Gasteiger partial charge is 0.416 e. The zero-order chi connectivity index (χ0) is 15.6. The number of carbonyl (C=O) groups excluding carboxylic acids is 1. The van der Waals surface area contributed by atoms with Crippen molar-refractivity contribution in [3.63, 3.8) is 0 Å². The minimum Gasteiger partial charge on any atom is -0.371 e. The Morgan fingerprint density at radius 1 is 1.33 bits per heavy atom. The number of benzene rings is 1. The predicted molar refractivity (Wildman–Crippen MR) is 75.6 cm³/mol. The summed E-state index contributed by atoms with van der Waals surface area (Å²) < 4.78 is 42.7. The van der Waals surface area contributed by atoms with Crippen LogP contribution in [0.15, 0.2) is 24.3 Å². The third kappa shape index (κ3) is 3.41. The van der Waals surface area contributed by atoms with Crippen LogP contribution in [0.4, 0.5) is 18.2 Å². The Labute approximate surface area is 124 Å². The van der Waals surface area contributed by atoms with E-state index < -0.39 is 11.7 Å². The van der Waals surface area contributed by atoms with E-state index in [0.717, 1.165) is 17.6 Å². The van der Waals surface area contributed by atoms with Gasteiger partial charge in [0.15, 0.2) is 5.78 Å². The number of carbonyl (C=O) groups is 1. The minimum atomic E-state index is -4.40. The number of alkyl halides is 3. The average Bonchev–Trinajstić information content (AvgIpc) is 2.77. The maximum absolute atomic E-state index is 12.9. The van der Waals surface area contributed by atoms with E-state index in [1.54, 1.807) is 13.0 Å². The van der Waals surface area contributed by atoms with Gasteiger partial charge in [0.05, 0.1) is 16.8 Å². The third-order valence-electron chi connectivity index (χ3n) is 2.98. The molecule has 0 aliphatic rings. The molecule has 3 nitrogen and oxygen atoms in total. The maximum Gasteiger partial charge on any atom is 0.416 e. The van der Waals surface area contributed by atoms with E-state index in [4.69, 9.17) is 0 Å². The molecule has 0 amide bonds. The van der Waals surface area contributed by atoms with E-state index in [0.29, 0.717) is 16.3 Å². The molecule has 1 N–H and O–H groups in total. The summed E-state index contributed by atoms with van der Waals surface area (Å²) in [6, 6.07) is 5.36. The fourth-order valence-electron chi connectivity index (χ4n) is 2.03. The fraction of sp³-hybridized carbons (Fsp3) is 0.286. The molecule has 0 saturated heterocycles. The molecule has 0 unspecified atom stereocenters. The Morgan fingerprint density at radius 3 is 2.62 bits per heavy atom. The molecule has 0 radical (unpaired) electrons. The van der Waals surface area contributed by atoms with Gasteiger partial charge in [0.1, 0.15) is 5.00 Å². The van der Waals surface area contributed by atoms with Crippen molar-refractivity contribution in [3.05, 3.63) is 46.6 Å². The Hall–Kier alpha value is -1.89. The highest BCUT2D eigenvalue weighted by Crippen LogP contribution is 2.33. The molecule has 21 heavy (non-hydrogen) atoms. The number of aryl methyl sites for hydroxylation is 1. The summed E-state index contributed by atoms with van der Waals surface area (Å²) in [6.07, 6.45) is -4.40. The highest BCUT2D eigenvalue weighted by Gasteiger charge is 2.32. The molecule has 0 bridgehead atoms. The molecule has 0 spiro atoms. The first-order chi connectivity index (χ1) is 9.80. The van der Waals surface area contributed by atoms with Crippen molar-refractivity contribution >= 4 is 22.3 Å². The SMILES string of the molecule is CC(=O)c1c(C)nsc1NCc1ccccc1C(F)(F)F. The molecule has 1 aromatic carbocycles. The van der Waals surface area contributed by atoms with E-state index in [-0.39, 0.29) is 17.9 Å². The quantitative estimate of drug-likeness (QED) is 0.856. The molecular formula is C14H13F3N2OS. The Kier molecular flexibility index (Phi) is 4.32. The number of anilines is 1. The van der Waals surface area contributed by atoms with Crippen LogP contribution in [0.5, 0.6) is 0 Å². The van der Waals surface area contributed by atoms with E-state index in [1.165, 1.54) is 19.1 Å². The summed E-state index contributed by atoms with van der Waals surface area (Å²) in [5.41, 5.74) is 0.470. The van der Waals surface area contributed by atoms with Crippen LogP contribution >= 0.6 is 11.5 Å². The zero-order valence-electron chi connectivity index (χ0n) is 11.4. The molecule has 0 aliphatic heterocycles. The number of Topliss-reactive ketones (excluding diaryl/α,β-unsaturated/α-hetero) is 1. The molecule has 0 aliphatic carbocycles. The highest BCUT2D eigenvalue weighted by molar-refractivity contribution is 7.10. The summed E-state index contributed by atoms with van der Waals surface area (Å²) in [4.78, 5) is 11.5. The maximum atomic E-state index is 12.9. The summed E-state index contributed by atoms with van der Waals surface area (Å²) in [7, 11) is 0. The van der Waals surface area contributed by atoms with Gasteiger partial charge in [-0.2, -0.15) is 17.5 Å². The van der Waals surface area contributed by atoms with Gasteiger partial charge in [-0.1, -0.05) is 18.2 Å². The van der Waals surface area contributed by atoms with Crippen LogP contribution in [0.2, 0.25) is 0 Å². The highest BCUT2D eigenvalue weighted by atomic mass is 32.1. The predicted octanol–water partition coefficient (Wildman–Crippen LogP) is 4.29. The topological polar surface area (TPSA) is 42.0 Å². The van der Waals surface area contributed by atoms with Gasteiger partial charge in [-0.15, -0.1) is 0 Å². The van der Waals surface area contributed by atoms with Crippen LogP contribution in [0, 0.1) is 6.92 Å². The lowest BCUT2D eigenvalue weighted by atomic mass is 10.1. The van der Waals surface area contributed by atoms with Gasteiger partial charge in [0.2, 0.25) is 0 Å². The van der Waals surface area contributed by atoms with Crippen molar-refractivity contribution in [3.8, 4) is 0 Å². The van der Waals surface area contributed by atoms with E-state index in [9.17, 15) is 18.0 Å². The average molecular weight is 314 g/mol. The second-order valence-electron chi connectivity index (χ2n) is 4.54. The molecule has 1 aromatic heterocycles. The van der Waals surface area contributed by atoms with Gasteiger partial charge in [-0.25, -0.2) is 0 Å². The monoisotopic (exact) mass is 314 g/mol. The third-order valence-corrected chi connectivity index (χ3v) is 3.87. The molecule has 7 heteroatoms. The Bertz CT molecular complexity index is 664. The molecule has 112 valence electrons. The molecule has 0 fully saturated rings. The fourth-order valence-corrected chi connectivity index (χ4v) is 2.87. The van der Waals surface area contributed by atoms with Crippen molar-refractivity contribution in [1.29, 1.82) is 0 Å². The molecule has 0 atom stereocenters.